The summed E-state index contributed by atoms with van der Waals surface area (Å²) in [5.41, 5.74) is 1.51. The number of benzene rings is 1. The van der Waals surface area contributed by atoms with E-state index in [9.17, 15) is 9.18 Å². The molecule has 0 aliphatic carbocycles. The van der Waals surface area contributed by atoms with Gasteiger partial charge in [-0.15, -0.1) is 11.3 Å². The molecule has 29 heavy (non-hydrogen) atoms. The zero-order valence-electron chi connectivity index (χ0n) is 16.3. The molecule has 2 aliphatic heterocycles. The Labute approximate surface area is 174 Å². The van der Waals surface area contributed by atoms with Gasteiger partial charge in [0.05, 0.1) is 13.2 Å². The average molecular weight is 420 g/mol. The van der Waals surface area contributed by atoms with Crippen molar-refractivity contribution in [2.75, 3.05) is 75.4 Å². The number of anilines is 2. The highest BCUT2D eigenvalue weighted by molar-refractivity contribution is 7.13. The minimum Gasteiger partial charge on any atom is -0.379 e. The largest absolute Gasteiger partial charge is 0.379 e. The number of ether oxygens (including phenoxy) is 1. The summed E-state index contributed by atoms with van der Waals surface area (Å²) < 4.78 is 18.4. The highest BCUT2D eigenvalue weighted by atomic mass is 32.1. The van der Waals surface area contributed by atoms with E-state index in [2.05, 4.69) is 25.0 Å². The van der Waals surface area contributed by atoms with Crippen molar-refractivity contribution in [1.82, 2.24) is 15.2 Å². The van der Waals surface area contributed by atoms with Crippen LogP contribution in [-0.2, 0) is 4.74 Å². The highest BCUT2D eigenvalue weighted by Crippen LogP contribution is 2.24. The van der Waals surface area contributed by atoms with Gasteiger partial charge in [0.25, 0.3) is 5.91 Å². The average Bonchev–Trinajstić information content (AvgIpc) is 3.26. The lowest BCUT2D eigenvalue weighted by atomic mass is 10.2. The molecule has 2 aromatic rings. The fraction of sp³-hybridized carbons (Fsp3) is 0.500. The summed E-state index contributed by atoms with van der Waals surface area (Å²) in [5.74, 6) is -0.336. The molecular formula is C20H26FN5O2S. The second-order valence-electron chi connectivity index (χ2n) is 7.18. The second kappa shape index (κ2) is 9.51. The van der Waals surface area contributed by atoms with E-state index >= 15 is 0 Å². The Morgan fingerprint density at radius 1 is 1.07 bits per heavy atom. The number of piperazine rings is 1. The molecule has 156 valence electrons. The first-order valence-corrected chi connectivity index (χ1v) is 10.9. The van der Waals surface area contributed by atoms with Crippen LogP contribution < -0.4 is 15.1 Å². The molecule has 9 heteroatoms. The third kappa shape index (κ3) is 5.23. The Kier molecular flexibility index (Phi) is 6.58. The normalized spacial score (nSPS) is 18.1. The molecule has 1 aromatic carbocycles. The Morgan fingerprint density at radius 3 is 2.48 bits per heavy atom. The lowest BCUT2D eigenvalue weighted by Gasteiger charge is -2.36. The Morgan fingerprint density at radius 2 is 1.76 bits per heavy atom. The standard InChI is InChI=1S/C20H26FN5O2S/c21-16-1-3-17(4-2-16)25-7-9-26(10-8-25)20-23-18(15-29-20)19(27)22-5-6-24-11-13-28-14-12-24/h1-4,15H,5-14H2,(H,22,27). The molecule has 0 spiro atoms. The SMILES string of the molecule is O=C(NCCN1CCOCC1)c1csc(N2CCN(c3ccc(F)cc3)CC2)n1. The van der Waals surface area contributed by atoms with E-state index < -0.39 is 0 Å². The number of carbonyl (C=O) groups is 1. The number of halogens is 1. The van der Waals surface area contributed by atoms with Gasteiger partial charge >= 0.3 is 0 Å². The van der Waals surface area contributed by atoms with Crippen molar-refractivity contribution in [3.05, 3.63) is 41.2 Å². The lowest BCUT2D eigenvalue weighted by molar-refractivity contribution is 0.0383. The first-order valence-electron chi connectivity index (χ1n) is 9.98. The maximum Gasteiger partial charge on any atom is 0.270 e. The number of carbonyl (C=O) groups excluding carboxylic acids is 1. The third-order valence-electron chi connectivity index (χ3n) is 5.28. The van der Waals surface area contributed by atoms with Crippen molar-refractivity contribution in [2.24, 2.45) is 0 Å². The first kappa shape index (κ1) is 20.1. The molecule has 0 radical (unpaired) electrons. The van der Waals surface area contributed by atoms with Crippen molar-refractivity contribution < 1.29 is 13.9 Å². The Balaban J connectivity index is 1.24. The van der Waals surface area contributed by atoms with Gasteiger partial charge in [0.15, 0.2) is 5.13 Å². The number of aromatic nitrogens is 1. The molecule has 2 fully saturated rings. The molecule has 3 heterocycles. The van der Waals surface area contributed by atoms with Crippen molar-refractivity contribution >= 4 is 28.1 Å². The second-order valence-corrected chi connectivity index (χ2v) is 8.01. The van der Waals surface area contributed by atoms with Gasteiger partial charge in [0.2, 0.25) is 0 Å². The fourth-order valence-electron chi connectivity index (χ4n) is 3.56. The molecule has 0 atom stereocenters. The van der Waals surface area contributed by atoms with Crippen LogP contribution in [0.1, 0.15) is 10.5 Å². The van der Waals surface area contributed by atoms with Gasteiger partial charge < -0.3 is 19.9 Å². The smallest absolute Gasteiger partial charge is 0.270 e. The van der Waals surface area contributed by atoms with E-state index in [4.69, 9.17) is 4.74 Å². The first-order chi connectivity index (χ1) is 14.2. The summed E-state index contributed by atoms with van der Waals surface area (Å²) in [4.78, 5) is 23.6. The molecular weight excluding hydrogens is 393 g/mol. The number of morpholine rings is 1. The molecule has 4 rings (SSSR count). The Bertz CT molecular complexity index is 801. The van der Waals surface area contributed by atoms with Crippen LogP contribution in [0.4, 0.5) is 15.2 Å². The molecule has 1 N–H and O–H groups in total. The Hall–Kier alpha value is -2.23. The van der Waals surface area contributed by atoms with Crippen LogP contribution in [-0.4, -0.2) is 81.4 Å². The van der Waals surface area contributed by atoms with Crippen LogP contribution >= 0.6 is 11.3 Å². The monoisotopic (exact) mass is 419 g/mol. The van der Waals surface area contributed by atoms with Gasteiger partial charge in [0, 0.05) is 63.4 Å². The molecule has 7 nitrogen and oxygen atoms in total. The summed E-state index contributed by atoms with van der Waals surface area (Å²) in [6.07, 6.45) is 0. The van der Waals surface area contributed by atoms with E-state index in [1.165, 1.54) is 23.5 Å². The predicted molar refractivity (Wildman–Crippen MR) is 113 cm³/mol. The molecule has 1 aromatic heterocycles. The van der Waals surface area contributed by atoms with Crippen molar-refractivity contribution in [3.8, 4) is 0 Å². The molecule has 2 aliphatic rings. The van der Waals surface area contributed by atoms with Gasteiger partial charge in [-0.1, -0.05) is 0 Å². The van der Waals surface area contributed by atoms with Gasteiger partial charge in [-0.3, -0.25) is 9.69 Å². The zero-order valence-corrected chi connectivity index (χ0v) is 17.2. The number of thiazole rings is 1. The molecule has 2 saturated heterocycles. The minimum atomic E-state index is -0.217. The van der Waals surface area contributed by atoms with E-state index in [0.29, 0.717) is 12.2 Å². The van der Waals surface area contributed by atoms with E-state index in [1.54, 1.807) is 0 Å². The van der Waals surface area contributed by atoms with Gasteiger partial charge in [-0.05, 0) is 24.3 Å². The zero-order chi connectivity index (χ0) is 20.1. The lowest BCUT2D eigenvalue weighted by Crippen LogP contribution is -2.46. The number of nitrogens with one attached hydrogen (secondary N) is 1. The van der Waals surface area contributed by atoms with Crippen LogP contribution in [0.15, 0.2) is 29.6 Å². The molecule has 0 bridgehead atoms. The number of hydrogen-bond acceptors (Lipinski definition) is 7. The van der Waals surface area contributed by atoms with Crippen LogP contribution in [0.3, 0.4) is 0 Å². The highest BCUT2D eigenvalue weighted by Gasteiger charge is 2.21. The fourth-order valence-corrected chi connectivity index (χ4v) is 4.42. The topological polar surface area (TPSA) is 60.9 Å². The maximum absolute atomic E-state index is 13.1. The van der Waals surface area contributed by atoms with Crippen LogP contribution in [0.2, 0.25) is 0 Å². The molecule has 0 unspecified atom stereocenters. The molecule has 1 amide bonds. The third-order valence-corrected chi connectivity index (χ3v) is 6.19. The van der Waals surface area contributed by atoms with Gasteiger partial charge in [-0.2, -0.15) is 0 Å². The number of hydrogen-bond donors (Lipinski definition) is 1. The summed E-state index contributed by atoms with van der Waals surface area (Å²) in [6, 6.07) is 6.61. The summed E-state index contributed by atoms with van der Waals surface area (Å²) in [7, 11) is 0. The minimum absolute atomic E-state index is 0.120. The van der Waals surface area contributed by atoms with Crippen LogP contribution in [0, 0.1) is 5.82 Å². The summed E-state index contributed by atoms with van der Waals surface area (Å²) in [5, 5.41) is 5.66. The van der Waals surface area contributed by atoms with Crippen LogP contribution in [0.25, 0.3) is 0 Å². The predicted octanol–water partition coefficient (Wildman–Crippen LogP) is 1.67. The van der Waals surface area contributed by atoms with Crippen molar-refractivity contribution in [3.63, 3.8) is 0 Å². The maximum atomic E-state index is 13.1. The quantitative estimate of drug-likeness (QED) is 0.769. The number of rotatable bonds is 6. The number of nitrogens with zero attached hydrogens (tertiary/aromatic N) is 4. The van der Waals surface area contributed by atoms with Gasteiger partial charge in [-0.25, -0.2) is 9.37 Å². The van der Waals surface area contributed by atoms with Crippen LogP contribution in [0.5, 0.6) is 0 Å². The van der Waals surface area contributed by atoms with Crippen molar-refractivity contribution in [1.29, 1.82) is 0 Å². The number of amides is 1. The van der Waals surface area contributed by atoms with Gasteiger partial charge in [0.1, 0.15) is 11.5 Å². The summed E-state index contributed by atoms with van der Waals surface area (Å²) >= 11 is 1.50. The van der Waals surface area contributed by atoms with E-state index in [0.717, 1.165) is 69.8 Å². The van der Waals surface area contributed by atoms with Crippen molar-refractivity contribution in [2.45, 2.75) is 0 Å². The van der Waals surface area contributed by atoms with E-state index in [1.807, 2.05) is 17.5 Å². The summed E-state index contributed by atoms with van der Waals surface area (Å²) in [6.45, 7) is 8.13. The molecule has 0 saturated carbocycles. The van der Waals surface area contributed by atoms with E-state index in [-0.39, 0.29) is 11.7 Å².